The highest BCUT2D eigenvalue weighted by atomic mass is 16.5. The summed E-state index contributed by atoms with van der Waals surface area (Å²) in [7, 11) is 3.28. The third kappa shape index (κ3) is 6.43. The number of ether oxygens (including phenoxy) is 4. The molecule has 6 heteroatoms. The highest BCUT2D eigenvalue weighted by Gasteiger charge is 2.19. The first-order valence-electron chi connectivity index (χ1n) is 12.9. The standard InChI is InChI=1S/C32H34O6/c1-21(23-7-9-27-19-29(35-3)13-11-25(27)17-23)31(33)37-15-5-6-16-38-32(34)22(2)24-8-10-28-20-30(36-4)14-12-26(28)18-24/h7-14,17-22H,5-6,15-16H2,1-4H3/t21-,22-/m0/s1. The number of hydrogen-bond donors (Lipinski definition) is 0. The van der Waals surface area contributed by atoms with Crippen LogP contribution < -0.4 is 9.47 Å². The molecule has 0 aromatic heterocycles. The van der Waals surface area contributed by atoms with Crippen LogP contribution in [-0.2, 0) is 19.1 Å². The van der Waals surface area contributed by atoms with Crippen molar-refractivity contribution in [3.05, 3.63) is 83.9 Å². The molecule has 0 aliphatic carbocycles. The topological polar surface area (TPSA) is 71.1 Å². The zero-order valence-corrected chi connectivity index (χ0v) is 22.4. The maximum atomic E-state index is 12.6. The smallest absolute Gasteiger partial charge is 0.313 e. The lowest BCUT2D eigenvalue weighted by Gasteiger charge is -2.14. The minimum absolute atomic E-state index is 0.266. The first-order valence-corrected chi connectivity index (χ1v) is 12.9. The number of fused-ring (bicyclic) bond motifs is 2. The van der Waals surface area contributed by atoms with Gasteiger partial charge in [0, 0.05) is 0 Å². The van der Waals surface area contributed by atoms with Gasteiger partial charge in [-0.25, -0.2) is 0 Å². The second kappa shape index (κ2) is 12.5. The SMILES string of the molecule is COc1ccc2cc([C@H](C)C(=O)OCCCCOC(=O)[C@@H](C)c3ccc4cc(OC)ccc4c3)ccc2c1. The predicted molar refractivity (Wildman–Crippen MR) is 149 cm³/mol. The van der Waals surface area contributed by atoms with Crippen molar-refractivity contribution in [2.24, 2.45) is 0 Å². The van der Waals surface area contributed by atoms with Crippen LogP contribution in [0.3, 0.4) is 0 Å². The summed E-state index contributed by atoms with van der Waals surface area (Å²) >= 11 is 0. The van der Waals surface area contributed by atoms with E-state index in [1.807, 2.05) is 86.6 Å². The first-order chi connectivity index (χ1) is 18.4. The number of methoxy groups -OCH3 is 2. The third-order valence-corrected chi connectivity index (χ3v) is 6.88. The number of esters is 2. The Hall–Kier alpha value is -4.06. The molecule has 2 atom stereocenters. The Morgan fingerprint density at radius 1 is 0.579 bits per heavy atom. The van der Waals surface area contributed by atoms with Gasteiger partial charge < -0.3 is 18.9 Å². The summed E-state index contributed by atoms with van der Waals surface area (Å²) in [5, 5.41) is 4.20. The van der Waals surface area contributed by atoms with E-state index in [4.69, 9.17) is 18.9 Å². The van der Waals surface area contributed by atoms with E-state index < -0.39 is 0 Å². The number of unbranched alkanes of at least 4 members (excludes halogenated alkanes) is 1. The van der Waals surface area contributed by atoms with Gasteiger partial charge in [-0.05, 0) is 83.6 Å². The largest absolute Gasteiger partial charge is 0.497 e. The van der Waals surface area contributed by atoms with Gasteiger partial charge in [-0.15, -0.1) is 0 Å². The van der Waals surface area contributed by atoms with E-state index in [-0.39, 0.29) is 37.0 Å². The number of hydrogen-bond acceptors (Lipinski definition) is 6. The summed E-state index contributed by atoms with van der Waals surface area (Å²) < 4.78 is 21.5. The Morgan fingerprint density at radius 2 is 0.947 bits per heavy atom. The van der Waals surface area contributed by atoms with Crippen molar-refractivity contribution in [1.82, 2.24) is 0 Å². The first kappa shape index (κ1) is 27.0. The monoisotopic (exact) mass is 514 g/mol. The summed E-state index contributed by atoms with van der Waals surface area (Å²) in [6.07, 6.45) is 1.24. The average molecular weight is 515 g/mol. The molecule has 198 valence electrons. The number of carbonyl (C=O) groups is 2. The van der Waals surface area contributed by atoms with Crippen molar-refractivity contribution in [2.45, 2.75) is 38.5 Å². The molecule has 0 aliphatic rings. The molecular weight excluding hydrogens is 480 g/mol. The number of benzene rings is 4. The molecule has 0 N–H and O–H groups in total. The predicted octanol–water partition coefficient (Wildman–Crippen LogP) is 6.78. The van der Waals surface area contributed by atoms with E-state index in [2.05, 4.69) is 0 Å². The molecule has 4 rings (SSSR count). The molecule has 4 aromatic carbocycles. The van der Waals surface area contributed by atoms with Gasteiger partial charge in [0.05, 0.1) is 39.3 Å². The van der Waals surface area contributed by atoms with E-state index >= 15 is 0 Å². The fraction of sp³-hybridized carbons (Fsp3) is 0.312. The van der Waals surface area contributed by atoms with Crippen molar-refractivity contribution in [3.63, 3.8) is 0 Å². The van der Waals surface area contributed by atoms with Crippen LogP contribution in [0.1, 0.15) is 49.7 Å². The lowest BCUT2D eigenvalue weighted by Crippen LogP contribution is -2.16. The molecular formula is C32H34O6. The van der Waals surface area contributed by atoms with Crippen LogP contribution >= 0.6 is 0 Å². The van der Waals surface area contributed by atoms with Gasteiger partial charge in [0.25, 0.3) is 0 Å². The second-order valence-corrected chi connectivity index (χ2v) is 9.43. The summed E-state index contributed by atoms with van der Waals surface area (Å²) in [5.41, 5.74) is 1.81. The molecule has 0 spiro atoms. The fourth-order valence-electron chi connectivity index (χ4n) is 4.35. The van der Waals surface area contributed by atoms with E-state index in [0.717, 1.165) is 44.2 Å². The van der Waals surface area contributed by atoms with Gasteiger partial charge in [-0.1, -0.05) is 48.5 Å². The van der Waals surface area contributed by atoms with Crippen molar-refractivity contribution >= 4 is 33.5 Å². The number of rotatable bonds is 11. The minimum atomic E-state index is -0.372. The average Bonchev–Trinajstić information content (AvgIpc) is 2.96. The normalized spacial score (nSPS) is 12.6. The summed E-state index contributed by atoms with van der Waals surface area (Å²) in [5.74, 6) is 0.321. The molecule has 0 bridgehead atoms. The molecule has 6 nitrogen and oxygen atoms in total. The lowest BCUT2D eigenvalue weighted by atomic mass is 9.98. The Balaban J connectivity index is 1.19. The van der Waals surface area contributed by atoms with Gasteiger partial charge in [0.1, 0.15) is 11.5 Å². The fourth-order valence-corrected chi connectivity index (χ4v) is 4.35. The van der Waals surface area contributed by atoms with Gasteiger partial charge in [0.15, 0.2) is 0 Å². The Kier molecular flexibility index (Phi) is 8.85. The molecule has 38 heavy (non-hydrogen) atoms. The van der Waals surface area contributed by atoms with Crippen LogP contribution in [-0.4, -0.2) is 39.4 Å². The highest BCUT2D eigenvalue weighted by molar-refractivity contribution is 5.88. The van der Waals surface area contributed by atoms with Crippen molar-refractivity contribution in [2.75, 3.05) is 27.4 Å². The van der Waals surface area contributed by atoms with Crippen LogP contribution in [0, 0.1) is 0 Å². The van der Waals surface area contributed by atoms with Crippen LogP contribution in [0.5, 0.6) is 11.5 Å². The van der Waals surface area contributed by atoms with Crippen molar-refractivity contribution in [3.8, 4) is 11.5 Å². The summed E-state index contributed by atoms with van der Waals surface area (Å²) in [6, 6.07) is 23.6. The molecule has 0 amide bonds. The van der Waals surface area contributed by atoms with Crippen LogP contribution in [0.25, 0.3) is 21.5 Å². The number of carbonyl (C=O) groups excluding carboxylic acids is 2. The quantitative estimate of drug-likeness (QED) is 0.162. The minimum Gasteiger partial charge on any atom is -0.497 e. The lowest BCUT2D eigenvalue weighted by molar-refractivity contribution is -0.147. The zero-order chi connectivity index (χ0) is 27.1. The molecule has 0 saturated carbocycles. The zero-order valence-electron chi connectivity index (χ0n) is 22.4. The molecule has 0 heterocycles. The molecule has 0 aliphatic heterocycles. The second-order valence-electron chi connectivity index (χ2n) is 9.43. The molecule has 0 radical (unpaired) electrons. The van der Waals surface area contributed by atoms with Crippen LogP contribution in [0.4, 0.5) is 0 Å². The van der Waals surface area contributed by atoms with E-state index in [9.17, 15) is 9.59 Å². The van der Waals surface area contributed by atoms with Gasteiger partial charge in [0.2, 0.25) is 0 Å². The molecule has 0 fully saturated rings. The summed E-state index contributed by atoms with van der Waals surface area (Å²) in [4.78, 5) is 25.1. The maximum Gasteiger partial charge on any atom is 0.313 e. The van der Waals surface area contributed by atoms with Gasteiger partial charge >= 0.3 is 11.9 Å². The van der Waals surface area contributed by atoms with E-state index in [1.54, 1.807) is 14.2 Å². The third-order valence-electron chi connectivity index (χ3n) is 6.88. The van der Waals surface area contributed by atoms with E-state index in [1.165, 1.54) is 0 Å². The van der Waals surface area contributed by atoms with E-state index in [0.29, 0.717) is 12.8 Å². The van der Waals surface area contributed by atoms with Gasteiger partial charge in [-0.3, -0.25) is 9.59 Å². The van der Waals surface area contributed by atoms with Crippen LogP contribution in [0.2, 0.25) is 0 Å². The Morgan fingerprint density at radius 3 is 1.34 bits per heavy atom. The summed E-state index contributed by atoms with van der Waals surface area (Å²) in [6.45, 7) is 4.27. The van der Waals surface area contributed by atoms with Gasteiger partial charge in [-0.2, -0.15) is 0 Å². The Bertz CT molecular complexity index is 1320. The highest BCUT2D eigenvalue weighted by Crippen LogP contribution is 2.27. The van der Waals surface area contributed by atoms with Crippen molar-refractivity contribution in [1.29, 1.82) is 0 Å². The molecule has 0 saturated heterocycles. The maximum absolute atomic E-state index is 12.6. The molecule has 0 unspecified atom stereocenters. The van der Waals surface area contributed by atoms with Crippen molar-refractivity contribution < 1.29 is 28.5 Å². The molecule has 4 aromatic rings. The van der Waals surface area contributed by atoms with Crippen LogP contribution in [0.15, 0.2) is 72.8 Å². The Labute approximate surface area is 223 Å².